The molecule has 0 aliphatic carbocycles. The second kappa shape index (κ2) is 18.1. The Balaban J connectivity index is 1.77. The Kier molecular flexibility index (Phi) is 15.3. The molecule has 11 heteroatoms. The highest BCUT2D eigenvalue weighted by Crippen LogP contribution is 2.46. The highest BCUT2D eigenvalue weighted by atomic mass is 31.2. The van der Waals surface area contributed by atoms with Crippen LogP contribution in [-0.2, 0) is 30.0 Å². The number of nitrogens with zero attached hydrogens (tertiary/aromatic N) is 3. The van der Waals surface area contributed by atoms with Crippen molar-refractivity contribution < 1.29 is 32.8 Å². The third kappa shape index (κ3) is 10.5. The number of esters is 1. The Bertz CT molecular complexity index is 961. The second-order valence-electron chi connectivity index (χ2n) is 10.2. The van der Waals surface area contributed by atoms with Crippen LogP contribution in [0.25, 0.3) is 4.85 Å². The van der Waals surface area contributed by atoms with Gasteiger partial charge in [0.2, 0.25) is 12.5 Å². The molecule has 1 unspecified atom stereocenters. The fourth-order valence-electron chi connectivity index (χ4n) is 4.68. The van der Waals surface area contributed by atoms with Gasteiger partial charge in [-0.2, -0.15) is 0 Å². The summed E-state index contributed by atoms with van der Waals surface area (Å²) in [6.07, 6.45) is 4.13. The summed E-state index contributed by atoms with van der Waals surface area (Å²) in [5.74, 6) is 0.838. The number of carbonyl (C=O) groups excluding carboxylic acids is 2. The lowest BCUT2D eigenvalue weighted by Gasteiger charge is -2.35. The zero-order valence-electron chi connectivity index (χ0n) is 24.9. The van der Waals surface area contributed by atoms with Crippen LogP contribution in [-0.4, -0.2) is 80.1 Å². The van der Waals surface area contributed by atoms with Gasteiger partial charge >= 0.3 is 5.97 Å². The Morgan fingerprint density at radius 1 is 1.07 bits per heavy atom. The van der Waals surface area contributed by atoms with Crippen LogP contribution in [0.5, 0.6) is 11.5 Å². The molecule has 224 valence electrons. The van der Waals surface area contributed by atoms with Gasteiger partial charge in [-0.1, -0.05) is 6.42 Å². The quantitative estimate of drug-likeness (QED) is 0.0962. The van der Waals surface area contributed by atoms with Gasteiger partial charge in [0.25, 0.3) is 8.53 Å². The zero-order chi connectivity index (χ0) is 29.5. The number of rotatable bonds is 18. The van der Waals surface area contributed by atoms with Crippen LogP contribution in [0.15, 0.2) is 18.2 Å². The standard InChI is InChI=1S/C29H46N3O7P/c1-22(2)32(23(3)4)40(39-19-16-30-5)38-18-10-8-9-13-28(33)31-17-11-12-26(31)29(34)37-21-24-14-15-25(35-6)20-27(24)36-7/h14-15,20,22-23,26H,8-13,16-19,21H2,1-4,6-7H3/t26-,40?/m0/s1. The van der Waals surface area contributed by atoms with Gasteiger partial charge in [-0.15, -0.1) is 0 Å². The second-order valence-corrected chi connectivity index (χ2v) is 11.6. The third-order valence-electron chi connectivity index (χ3n) is 6.60. The highest BCUT2D eigenvalue weighted by molar-refractivity contribution is 7.44. The normalized spacial score (nSPS) is 15.9. The molecule has 1 fully saturated rings. The van der Waals surface area contributed by atoms with Crippen molar-refractivity contribution in [3.8, 4) is 11.5 Å². The summed E-state index contributed by atoms with van der Waals surface area (Å²) in [7, 11) is 1.89. The molecule has 1 aliphatic rings. The van der Waals surface area contributed by atoms with Gasteiger partial charge in [0.05, 0.1) is 20.8 Å². The first-order valence-corrected chi connectivity index (χ1v) is 15.2. The predicted molar refractivity (Wildman–Crippen MR) is 155 cm³/mol. The lowest BCUT2D eigenvalue weighted by Crippen LogP contribution is -2.41. The first kappa shape index (κ1) is 33.8. The average molecular weight is 580 g/mol. The van der Waals surface area contributed by atoms with Gasteiger partial charge in [0, 0.05) is 36.7 Å². The van der Waals surface area contributed by atoms with E-state index in [4.69, 9.17) is 29.8 Å². The van der Waals surface area contributed by atoms with Gasteiger partial charge in [-0.3, -0.25) is 4.79 Å². The maximum atomic E-state index is 12.9. The predicted octanol–water partition coefficient (Wildman–Crippen LogP) is 5.60. The molecule has 1 saturated heterocycles. The molecule has 0 bridgehead atoms. The zero-order valence-corrected chi connectivity index (χ0v) is 25.8. The van der Waals surface area contributed by atoms with Crippen molar-refractivity contribution in [2.24, 2.45) is 0 Å². The SMILES string of the molecule is [C-]#[N+]CCOP(OCCCCCC(=O)N1CCC[C@H]1C(=O)OCc1ccc(OC)cc1OC)N(C(C)C)C(C)C. The maximum Gasteiger partial charge on any atom is 0.329 e. The van der Waals surface area contributed by atoms with Crippen LogP contribution in [0.1, 0.15) is 71.8 Å². The number of amides is 1. The van der Waals surface area contributed by atoms with Crippen molar-refractivity contribution in [3.63, 3.8) is 0 Å². The van der Waals surface area contributed by atoms with Crippen LogP contribution in [0, 0.1) is 6.57 Å². The van der Waals surface area contributed by atoms with Crippen LogP contribution in [0.3, 0.4) is 0 Å². The molecule has 1 aliphatic heterocycles. The third-order valence-corrected chi connectivity index (χ3v) is 8.71. The monoisotopic (exact) mass is 579 g/mol. The van der Waals surface area contributed by atoms with E-state index in [0.717, 1.165) is 31.2 Å². The molecular weight excluding hydrogens is 533 g/mol. The molecule has 0 saturated carbocycles. The molecule has 2 rings (SSSR count). The first-order chi connectivity index (χ1) is 19.2. The maximum absolute atomic E-state index is 12.9. The molecule has 1 aromatic rings. The van der Waals surface area contributed by atoms with Crippen molar-refractivity contribution in [1.82, 2.24) is 9.57 Å². The number of likely N-dealkylation sites (tertiary alicyclic amines) is 1. The molecule has 0 N–H and O–H groups in total. The first-order valence-electron chi connectivity index (χ1n) is 14.1. The molecule has 0 spiro atoms. The number of hydrogen-bond donors (Lipinski definition) is 0. The van der Waals surface area contributed by atoms with E-state index in [-0.39, 0.29) is 30.6 Å². The van der Waals surface area contributed by atoms with Crippen LogP contribution in [0.2, 0.25) is 0 Å². The Morgan fingerprint density at radius 2 is 1.80 bits per heavy atom. The average Bonchev–Trinajstić information content (AvgIpc) is 3.43. The minimum atomic E-state index is -1.25. The molecule has 10 nitrogen and oxygen atoms in total. The minimum Gasteiger partial charge on any atom is -0.497 e. The van der Waals surface area contributed by atoms with Gasteiger partial charge in [-0.05, 0) is 65.5 Å². The molecule has 40 heavy (non-hydrogen) atoms. The number of carbonyl (C=O) groups is 2. The van der Waals surface area contributed by atoms with Crippen molar-refractivity contribution in [3.05, 3.63) is 35.2 Å². The number of methoxy groups -OCH3 is 2. The summed E-state index contributed by atoms with van der Waals surface area (Å²) in [6.45, 7) is 17.3. The van der Waals surface area contributed by atoms with Gasteiger partial charge in [0.1, 0.15) is 30.8 Å². The van der Waals surface area contributed by atoms with Crippen LogP contribution in [0.4, 0.5) is 0 Å². The van der Waals surface area contributed by atoms with E-state index in [1.807, 2.05) is 0 Å². The van der Waals surface area contributed by atoms with Crippen molar-refractivity contribution in [2.45, 2.75) is 91.0 Å². The van der Waals surface area contributed by atoms with E-state index in [1.165, 1.54) is 0 Å². The summed E-state index contributed by atoms with van der Waals surface area (Å²) in [4.78, 5) is 30.8. The van der Waals surface area contributed by atoms with Crippen LogP contribution < -0.4 is 9.47 Å². The molecule has 1 amide bonds. The van der Waals surface area contributed by atoms with E-state index < -0.39 is 14.6 Å². The molecule has 2 atom stereocenters. The molecule has 0 radical (unpaired) electrons. The number of benzene rings is 1. The Hall–Kier alpha value is -2.44. The molecule has 1 aromatic carbocycles. The fraction of sp³-hybridized carbons (Fsp3) is 0.690. The summed E-state index contributed by atoms with van der Waals surface area (Å²) in [6, 6.07) is 5.31. The fourth-order valence-corrected chi connectivity index (χ4v) is 6.29. The number of hydrogen-bond acceptors (Lipinski definition) is 8. The van der Waals surface area contributed by atoms with E-state index in [2.05, 4.69) is 37.2 Å². The minimum absolute atomic E-state index is 0.0158. The Morgan fingerprint density at radius 3 is 2.45 bits per heavy atom. The molecular formula is C29H46N3O7P. The van der Waals surface area contributed by atoms with E-state index in [0.29, 0.717) is 50.6 Å². The topological polar surface area (TPSA) is 91.1 Å². The van der Waals surface area contributed by atoms with Crippen molar-refractivity contribution in [2.75, 3.05) is 40.5 Å². The van der Waals surface area contributed by atoms with E-state index in [1.54, 1.807) is 37.3 Å². The number of unbranched alkanes of at least 4 members (excludes halogenated alkanes) is 2. The van der Waals surface area contributed by atoms with Gasteiger partial charge < -0.3 is 33.0 Å². The summed E-state index contributed by atoms with van der Waals surface area (Å²) in [5.41, 5.74) is 0.736. The van der Waals surface area contributed by atoms with Crippen molar-refractivity contribution in [1.29, 1.82) is 0 Å². The lowest BCUT2D eigenvalue weighted by molar-refractivity contribution is -0.154. The van der Waals surface area contributed by atoms with E-state index in [9.17, 15) is 9.59 Å². The molecule has 0 aromatic heterocycles. The van der Waals surface area contributed by atoms with Crippen LogP contribution >= 0.6 is 8.53 Å². The largest absolute Gasteiger partial charge is 0.497 e. The number of ether oxygens (including phenoxy) is 3. The summed E-state index contributed by atoms with van der Waals surface area (Å²) in [5, 5.41) is 0. The summed E-state index contributed by atoms with van der Waals surface area (Å²) >= 11 is 0. The van der Waals surface area contributed by atoms with E-state index >= 15 is 0 Å². The van der Waals surface area contributed by atoms with Gasteiger partial charge in [-0.25, -0.2) is 16.0 Å². The highest BCUT2D eigenvalue weighted by Gasteiger charge is 2.35. The van der Waals surface area contributed by atoms with Gasteiger partial charge in [0.15, 0.2) is 0 Å². The summed E-state index contributed by atoms with van der Waals surface area (Å²) < 4.78 is 30.4. The lowest BCUT2D eigenvalue weighted by atomic mass is 10.1. The Labute approximate surface area is 241 Å². The smallest absolute Gasteiger partial charge is 0.329 e. The van der Waals surface area contributed by atoms with Crippen molar-refractivity contribution >= 4 is 20.4 Å². The molecule has 1 heterocycles.